The third-order valence-electron chi connectivity index (χ3n) is 3.56. The smallest absolute Gasteiger partial charge is 0.202 e. The minimum Gasteiger partial charge on any atom is -0.394 e. The van der Waals surface area contributed by atoms with Crippen LogP contribution in [0.4, 0.5) is 0 Å². The van der Waals surface area contributed by atoms with Crippen molar-refractivity contribution in [1.29, 1.82) is 0 Å². The van der Waals surface area contributed by atoms with E-state index in [1.54, 1.807) is 0 Å². The summed E-state index contributed by atoms with van der Waals surface area (Å²) < 4.78 is 5.02. The summed E-state index contributed by atoms with van der Waals surface area (Å²) >= 11 is 0. The van der Waals surface area contributed by atoms with E-state index in [9.17, 15) is 25.2 Å². The van der Waals surface area contributed by atoms with Crippen LogP contribution < -0.4 is 0 Å². The fourth-order valence-corrected chi connectivity index (χ4v) is 2.31. The summed E-state index contributed by atoms with van der Waals surface area (Å²) in [6.07, 6.45) is -4.00. The number of aliphatic hydroxyl groups excluding tert-OH is 4. The first kappa shape index (κ1) is 17.5. The van der Waals surface area contributed by atoms with Crippen molar-refractivity contribution in [3.63, 3.8) is 0 Å². The Morgan fingerprint density at radius 2 is 1.85 bits per heavy atom. The number of ether oxygens (including phenoxy) is 1. The third-order valence-corrected chi connectivity index (χ3v) is 3.56. The van der Waals surface area contributed by atoms with Gasteiger partial charge in [0.25, 0.3) is 0 Å². The number of carbonyl (C=O) groups excluding carboxylic acids is 1. The van der Waals surface area contributed by atoms with Crippen molar-refractivity contribution in [1.82, 2.24) is 0 Å². The van der Waals surface area contributed by atoms with E-state index >= 15 is 0 Å². The third kappa shape index (κ3) is 3.97. The van der Waals surface area contributed by atoms with Gasteiger partial charge in [0.05, 0.1) is 13.0 Å². The lowest BCUT2D eigenvalue weighted by Gasteiger charge is -2.45. The fraction of sp³-hybridized carbons (Fsp3) is 0.923. The van der Waals surface area contributed by atoms with E-state index in [1.165, 1.54) is 0 Å². The molecule has 0 bridgehead atoms. The zero-order valence-electron chi connectivity index (χ0n) is 11.6. The molecule has 7 heteroatoms. The average molecular weight is 292 g/mol. The van der Waals surface area contributed by atoms with Crippen LogP contribution in [-0.4, -0.2) is 68.1 Å². The SMILES string of the molecule is CCCCCC(=O)C[C@]1(O)O[C@H](CO)[C@H](O)[C@H](O)[C@H]1O. The second kappa shape index (κ2) is 7.44. The molecule has 0 unspecified atom stereocenters. The van der Waals surface area contributed by atoms with Gasteiger partial charge >= 0.3 is 0 Å². The maximum Gasteiger partial charge on any atom is 0.202 e. The first-order valence-corrected chi connectivity index (χ1v) is 6.92. The van der Waals surface area contributed by atoms with E-state index in [0.29, 0.717) is 6.42 Å². The normalized spacial score (nSPS) is 37.9. The number of carbonyl (C=O) groups is 1. The molecule has 1 aliphatic heterocycles. The molecular weight excluding hydrogens is 268 g/mol. The Morgan fingerprint density at radius 1 is 1.20 bits per heavy atom. The minimum atomic E-state index is -2.28. The van der Waals surface area contributed by atoms with Crippen LogP contribution in [0.2, 0.25) is 0 Å². The van der Waals surface area contributed by atoms with E-state index in [0.717, 1.165) is 12.8 Å². The van der Waals surface area contributed by atoms with Crippen LogP contribution in [0.25, 0.3) is 0 Å². The van der Waals surface area contributed by atoms with Crippen LogP contribution in [0.3, 0.4) is 0 Å². The predicted octanol–water partition coefficient (Wildman–Crippen LogP) is -1.31. The number of hydrogen-bond acceptors (Lipinski definition) is 7. The highest BCUT2D eigenvalue weighted by Gasteiger charge is 2.53. The van der Waals surface area contributed by atoms with Gasteiger partial charge < -0.3 is 30.3 Å². The molecule has 0 spiro atoms. The highest BCUT2D eigenvalue weighted by atomic mass is 16.7. The summed E-state index contributed by atoms with van der Waals surface area (Å²) in [5.41, 5.74) is 0. The molecule has 5 atom stereocenters. The lowest BCUT2D eigenvalue weighted by atomic mass is 9.89. The van der Waals surface area contributed by atoms with Gasteiger partial charge in [-0.3, -0.25) is 4.79 Å². The Kier molecular flexibility index (Phi) is 6.50. The Morgan fingerprint density at radius 3 is 2.40 bits per heavy atom. The topological polar surface area (TPSA) is 127 Å². The molecule has 1 heterocycles. The molecule has 0 aromatic heterocycles. The highest BCUT2D eigenvalue weighted by molar-refractivity contribution is 5.79. The Bertz CT molecular complexity index is 320. The maximum absolute atomic E-state index is 11.8. The first-order chi connectivity index (χ1) is 9.35. The summed E-state index contributed by atoms with van der Waals surface area (Å²) in [5.74, 6) is -2.59. The molecule has 118 valence electrons. The monoisotopic (exact) mass is 292 g/mol. The van der Waals surface area contributed by atoms with Gasteiger partial charge in [-0.1, -0.05) is 19.8 Å². The number of rotatable bonds is 7. The largest absolute Gasteiger partial charge is 0.394 e. The van der Waals surface area contributed by atoms with Crippen LogP contribution in [-0.2, 0) is 9.53 Å². The molecule has 0 aromatic carbocycles. The lowest BCUT2D eigenvalue weighted by Crippen LogP contribution is -2.65. The van der Waals surface area contributed by atoms with Crippen molar-refractivity contribution in [2.45, 2.75) is 69.2 Å². The van der Waals surface area contributed by atoms with Crippen LogP contribution in [0.5, 0.6) is 0 Å². The van der Waals surface area contributed by atoms with E-state index in [-0.39, 0.29) is 12.2 Å². The predicted molar refractivity (Wildman–Crippen MR) is 68.7 cm³/mol. The van der Waals surface area contributed by atoms with Gasteiger partial charge in [-0.15, -0.1) is 0 Å². The zero-order chi connectivity index (χ0) is 15.3. The molecule has 0 saturated carbocycles. The number of Topliss-reactive ketones (excluding diaryl/α,β-unsaturated/α-hetero) is 1. The summed E-state index contributed by atoms with van der Waals surface area (Å²) in [4.78, 5) is 11.8. The molecule has 0 amide bonds. The van der Waals surface area contributed by atoms with E-state index in [1.807, 2.05) is 6.92 Å². The molecule has 1 saturated heterocycles. The average Bonchev–Trinajstić information content (AvgIpc) is 2.41. The van der Waals surface area contributed by atoms with Gasteiger partial charge in [0.1, 0.15) is 30.2 Å². The quantitative estimate of drug-likeness (QED) is 0.369. The summed E-state index contributed by atoms with van der Waals surface area (Å²) in [6, 6.07) is 0. The van der Waals surface area contributed by atoms with Gasteiger partial charge in [0.15, 0.2) is 0 Å². The van der Waals surface area contributed by atoms with Crippen LogP contribution >= 0.6 is 0 Å². The zero-order valence-corrected chi connectivity index (χ0v) is 11.6. The van der Waals surface area contributed by atoms with E-state index in [2.05, 4.69) is 0 Å². The van der Waals surface area contributed by atoms with Crippen LogP contribution in [0.15, 0.2) is 0 Å². The fourth-order valence-electron chi connectivity index (χ4n) is 2.31. The van der Waals surface area contributed by atoms with Crippen LogP contribution in [0.1, 0.15) is 39.0 Å². The Labute approximate surface area is 117 Å². The minimum absolute atomic E-state index is 0.245. The summed E-state index contributed by atoms with van der Waals surface area (Å²) in [6.45, 7) is 1.35. The highest BCUT2D eigenvalue weighted by Crippen LogP contribution is 2.31. The first-order valence-electron chi connectivity index (χ1n) is 6.92. The number of ketones is 1. The Balaban J connectivity index is 2.67. The van der Waals surface area contributed by atoms with Gasteiger partial charge in [-0.05, 0) is 6.42 Å². The number of aliphatic hydroxyl groups is 5. The maximum atomic E-state index is 11.8. The molecule has 0 aliphatic carbocycles. The summed E-state index contributed by atoms with van der Waals surface area (Å²) in [5, 5.41) is 48.2. The van der Waals surface area contributed by atoms with Gasteiger partial charge in [0.2, 0.25) is 5.79 Å². The van der Waals surface area contributed by atoms with Crippen molar-refractivity contribution in [2.75, 3.05) is 6.61 Å². The number of hydrogen-bond donors (Lipinski definition) is 5. The second-order valence-electron chi connectivity index (χ2n) is 5.28. The lowest BCUT2D eigenvalue weighted by molar-refractivity contribution is -0.347. The molecule has 7 nitrogen and oxygen atoms in total. The molecule has 20 heavy (non-hydrogen) atoms. The molecule has 1 fully saturated rings. The second-order valence-corrected chi connectivity index (χ2v) is 5.28. The molecule has 0 radical (unpaired) electrons. The molecule has 1 aliphatic rings. The van der Waals surface area contributed by atoms with Crippen LogP contribution in [0, 0.1) is 0 Å². The van der Waals surface area contributed by atoms with Crippen molar-refractivity contribution < 1.29 is 35.1 Å². The van der Waals surface area contributed by atoms with Crippen molar-refractivity contribution in [2.24, 2.45) is 0 Å². The molecule has 0 aromatic rings. The molecule has 1 rings (SSSR count). The summed E-state index contributed by atoms with van der Waals surface area (Å²) in [7, 11) is 0. The van der Waals surface area contributed by atoms with Crippen molar-refractivity contribution in [3.8, 4) is 0 Å². The van der Waals surface area contributed by atoms with E-state index < -0.39 is 43.2 Å². The molecular formula is C13H24O7. The van der Waals surface area contributed by atoms with E-state index in [4.69, 9.17) is 9.84 Å². The van der Waals surface area contributed by atoms with Gasteiger partial charge in [-0.2, -0.15) is 0 Å². The van der Waals surface area contributed by atoms with Crippen molar-refractivity contribution in [3.05, 3.63) is 0 Å². The Hall–Kier alpha value is -0.570. The number of unbranched alkanes of at least 4 members (excludes halogenated alkanes) is 2. The van der Waals surface area contributed by atoms with Gasteiger partial charge in [-0.25, -0.2) is 0 Å². The molecule has 5 N–H and O–H groups in total. The van der Waals surface area contributed by atoms with Crippen molar-refractivity contribution >= 4 is 5.78 Å². The standard InChI is InChI=1S/C13H24O7/c1-2-3-4-5-8(15)6-13(19)12(18)11(17)10(16)9(7-14)20-13/h9-12,14,16-19H,2-7H2,1H3/t9-,10+,11+,12-,13+/m1/s1. The van der Waals surface area contributed by atoms with Gasteiger partial charge in [0, 0.05) is 6.42 Å².